The number of aliphatic hydroxyl groups is 2. The second-order valence-corrected chi connectivity index (χ2v) is 16.0. The number of rotatable bonds is 13. The Bertz CT molecular complexity index is 2370. The monoisotopic (exact) mass is 864 g/mol. The van der Waals surface area contributed by atoms with Gasteiger partial charge in [0, 0.05) is 39.0 Å². The zero-order valence-electron chi connectivity index (χ0n) is 35.6. The van der Waals surface area contributed by atoms with E-state index in [2.05, 4.69) is 41.2 Å². The van der Waals surface area contributed by atoms with E-state index in [0.717, 1.165) is 33.6 Å². The van der Waals surface area contributed by atoms with Crippen LogP contribution in [0.25, 0.3) is 33.6 Å². The number of H-pyrrole nitrogens is 2. The van der Waals surface area contributed by atoms with Crippen molar-refractivity contribution in [2.24, 2.45) is 0 Å². The minimum atomic E-state index is -0.951. The van der Waals surface area contributed by atoms with Gasteiger partial charge < -0.3 is 51.2 Å². The van der Waals surface area contributed by atoms with Crippen molar-refractivity contribution < 1.29 is 29.4 Å². The van der Waals surface area contributed by atoms with Crippen LogP contribution in [0.3, 0.4) is 0 Å². The Labute approximate surface area is 370 Å². The maximum atomic E-state index is 14.1. The van der Waals surface area contributed by atoms with Crippen LogP contribution in [0.1, 0.15) is 73.6 Å². The van der Waals surface area contributed by atoms with Crippen LogP contribution in [0.2, 0.25) is 0 Å². The lowest BCUT2D eigenvalue weighted by atomic mass is 10.0. The van der Waals surface area contributed by atoms with Gasteiger partial charge in [0.2, 0.25) is 0 Å². The number of hydrogen-bond donors (Lipinski definition) is 8. The van der Waals surface area contributed by atoms with Crippen LogP contribution < -0.4 is 21.3 Å². The largest absolute Gasteiger partial charge is 0.391 e. The molecule has 64 heavy (non-hydrogen) atoms. The Morgan fingerprint density at radius 2 is 0.938 bits per heavy atom. The first-order valence-electron chi connectivity index (χ1n) is 21.6. The van der Waals surface area contributed by atoms with Crippen LogP contribution in [-0.4, -0.2) is 102 Å². The van der Waals surface area contributed by atoms with Crippen LogP contribution in [0.15, 0.2) is 122 Å². The average Bonchev–Trinajstić information content (AvgIpc) is 4.15. The van der Waals surface area contributed by atoms with E-state index in [1.54, 1.807) is 60.3 Å². The Morgan fingerprint density at radius 3 is 1.30 bits per heavy atom. The van der Waals surface area contributed by atoms with Crippen molar-refractivity contribution in [1.82, 2.24) is 51.0 Å². The maximum Gasteiger partial charge on any atom is 0.315 e. The molecule has 8 N–H and O–H groups in total. The predicted octanol–water partition coefficient (Wildman–Crippen LogP) is 5.52. The zero-order valence-corrected chi connectivity index (χ0v) is 35.6. The quantitative estimate of drug-likeness (QED) is 0.0737. The van der Waals surface area contributed by atoms with Crippen molar-refractivity contribution in [2.75, 3.05) is 26.2 Å². The molecule has 4 heterocycles. The van der Waals surface area contributed by atoms with Crippen molar-refractivity contribution in [3.05, 3.63) is 144 Å². The van der Waals surface area contributed by atoms with Crippen LogP contribution in [-0.2, 0) is 9.59 Å². The van der Waals surface area contributed by atoms with Crippen LogP contribution in [0.5, 0.6) is 0 Å². The van der Waals surface area contributed by atoms with Gasteiger partial charge in [0.05, 0.1) is 48.1 Å². The standard InChI is InChI=1S/C48H52N10O6/c1-3-49-47(63)55-41(33-11-7-5-8-12-33)45(61)57-27-35(59)23-39(57)43-51-25-37(53-43)31-19-15-29(16-20-31)30-17-21-32(22-18-30)38-26-52-44(54-38)40-24-36(60)28-58(40)46(62)42(56-48(64)50-4-2)34-13-9-6-10-14-34/h5-22,25-26,35-36,39-42,59-60H,3-4,23-24,27-28H2,1-2H3,(H,51,53)(H,52,54)(H2,49,55,63)(H2,50,56,64)/t35-,36-,39+,40+,41-,42-/m1/s1. The number of urea groups is 2. The van der Waals surface area contributed by atoms with Gasteiger partial charge in [-0.1, -0.05) is 109 Å². The number of hydrogen-bond acceptors (Lipinski definition) is 8. The minimum absolute atomic E-state index is 0.105. The highest BCUT2D eigenvalue weighted by Crippen LogP contribution is 2.36. The molecule has 0 unspecified atom stereocenters. The Kier molecular flexibility index (Phi) is 13.1. The molecule has 6 amide bonds. The Hall–Kier alpha value is -7.30. The van der Waals surface area contributed by atoms with Gasteiger partial charge in [-0.15, -0.1) is 0 Å². The number of aromatic nitrogens is 4. The first-order valence-corrected chi connectivity index (χ1v) is 21.6. The number of nitrogens with one attached hydrogen (secondary N) is 6. The fourth-order valence-electron chi connectivity index (χ4n) is 8.51. The normalized spacial score (nSPS) is 19.2. The summed E-state index contributed by atoms with van der Waals surface area (Å²) in [5, 5.41) is 32.5. The van der Waals surface area contributed by atoms with Gasteiger partial charge in [-0.05, 0) is 47.2 Å². The number of benzene rings is 4. The second-order valence-electron chi connectivity index (χ2n) is 16.0. The first-order chi connectivity index (χ1) is 31.1. The van der Waals surface area contributed by atoms with Crippen LogP contribution >= 0.6 is 0 Å². The molecule has 6 atom stereocenters. The number of aliphatic hydroxyl groups excluding tert-OH is 2. The molecular weight excluding hydrogens is 813 g/mol. The van der Waals surface area contributed by atoms with E-state index in [1.807, 2.05) is 84.9 Å². The number of carbonyl (C=O) groups excluding carboxylic acids is 4. The topological polar surface area (TPSA) is 221 Å². The van der Waals surface area contributed by atoms with Crippen molar-refractivity contribution in [1.29, 1.82) is 0 Å². The first kappa shape index (κ1) is 43.4. The number of aromatic amines is 2. The van der Waals surface area contributed by atoms with Gasteiger partial charge in [-0.25, -0.2) is 19.6 Å². The highest BCUT2D eigenvalue weighted by molar-refractivity contribution is 5.89. The van der Waals surface area contributed by atoms with Crippen molar-refractivity contribution in [2.45, 2.75) is 63.1 Å². The van der Waals surface area contributed by atoms with Crippen LogP contribution in [0, 0.1) is 0 Å². The summed E-state index contributed by atoms with van der Waals surface area (Å²) >= 11 is 0. The predicted molar refractivity (Wildman–Crippen MR) is 240 cm³/mol. The van der Waals surface area contributed by atoms with E-state index >= 15 is 0 Å². The Balaban J connectivity index is 0.941. The molecule has 0 radical (unpaired) electrons. The summed E-state index contributed by atoms with van der Waals surface area (Å²) in [6.45, 7) is 4.62. The van der Waals surface area contributed by atoms with E-state index < -0.39 is 48.4 Å². The third-order valence-electron chi connectivity index (χ3n) is 11.7. The number of nitrogens with zero attached hydrogens (tertiary/aromatic N) is 4. The molecule has 0 bridgehead atoms. The Morgan fingerprint density at radius 1 is 0.578 bits per heavy atom. The average molecular weight is 865 g/mol. The third kappa shape index (κ3) is 9.52. The summed E-state index contributed by atoms with van der Waals surface area (Å²) in [6.07, 6.45) is 2.53. The van der Waals surface area contributed by atoms with E-state index in [4.69, 9.17) is 0 Å². The van der Waals surface area contributed by atoms with Gasteiger partial charge in [-0.2, -0.15) is 0 Å². The summed E-state index contributed by atoms with van der Waals surface area (Å²) in [6, 6.07) is 30.3. The number of imidazole rings is 2. The molecule has 8 rings (SSSR count). The van der Waals surface area contributed by atoms with Gasteiger partial charge >= 0.3 is 12.1 Å². The lowest BCUT2D eigenvalue weighted by Crippen LogP contribution is -2.46. The molecule has 16 nitrogen and oxygen atoms in total. The molecular formula is C48H52N10O6. The van der Waals surface area contributed by atoms with Gasteiger partial charge in [0.15, 0.2) is 0 Å². The molecule has 2 aliphatic rings. The maximum absolute atomic E-state index is 14.1. The summed E-state index contributed by atoms with van der Waals surface area (Å²) in [5.74, 6) is 0.404. The molecule has 6 aromatic rings. The fourth-order valence-corrected chi connectivity index (χ4v) is 8.51. The minimum Gasteiger partial charge on any atom is -0.391 e. The van der Waals surface area contributed by atoms with E-state index in [0.29, 0.717) is 48.7 Å². The molecule has 2 fully saturated rings. The van der Waals surface area contributed by atoms with E-state index in [-0.39, 0.29) is 24.9 Å². The van der Waals surface area contributed by atoms with E-state index in [9.17, 15) is 29.4 Å². The molecule has 0 aliphatic carbocycles. The summed E-state index contributed by atoms with van der Waals surface area (Å²) < 4.78 is 0. The number of carbonyl (C=O) groups is 4. The summed E-state index contributed by atoms with van der Waals surface area (Å²) in [4.78, 5) is 72.5. The summed E-state index contributed by atoms with van der Waals surface area (Å²) in [5.41, 5.74) is 6.54. The molecule has 4 aromatic carbocycles. The molecule has 2 aliphatic heterocycles. The van der Waals surface area contributed by atoms with Crippen molar-refractivity contribution in [3.8, 4) is 33.6 Å². The van der Waals surface area contributed by atoms with E-state index in [1.165, 1.54) is 0 Å². The van der Waals surface area contributed by atoms with Gasteiger partial charge in [0.1, 0.15) is 23.7 Å². The third-order valence-corrected chi connectivity index (χ3v) is 11.7. The number of amides is 6. The zero-order chi connectivity index (χ0) is 44.7. The van der Waals surface area contributed by atoms with Crippen molar-refractivity contribution >= 4 is 23.9 Å². The number of β-amino-alcohol motifs (C(OH)–C–C–N with tert-alkyl or cyclic N) is 2. The highest BCUT2D eigenvalue weighted by Gasteiger charge is 2.42. The lowest BCUT2D eigenvalue weighted by molar-refractivity contribution is -0.135. The van der Waals surface area contributed by atoms with Gasteiger partial charge in [0.25, 0.3) is 11.8 Å². The number of likely N-dealkylation sites (tertiary alicyclic amines) is 2. The van der Waals surface area contributed by atoms with Gasteiger partial charge in [-0.3, -0.25) is 9.59 Å². The van der Waals surface area contributed by atoms with Crippen molar-refractivity contribution in [3.63, 3.8) is 0 Å². The SMILES string of the molecule is CCNC(=O)N[C@@H](C(=O)N1C[C@H](O)C[C@H]1c1ncc(-c2ccc(-c3ccc(-c4cnc([C@@H]5C[C@@H](O)CN5C(=O)[C@H](NC(=O)NCC)c5ccccc5)[nH]4)cc3)cc2)[nH]1)c1ccccc1. The molecule has 16 heteroatoms. The molecule has 0 saturated carbocycles. The van der Waals surface area contributed by atoms with Crippen LogP contribution in [0.4, 0.5) is 9.59 Å². The lowest BCUT2D eigenvalue weighted by Gasteiger charge is -2.28. The second kappa shape index (κ2) is 19.4. The highest BCUT2D eigenvalue weighted by atomic mass is 16.3. The fraction of sp³-hybridized carbons (Fsp3) is 0.292. The molecule has 2 saturated heterocycles. The summed E-state index contributed by atoms with van der Waals surface area (Å²) in [7, 11) is 0. The molecule has 2 aromatic heterocycles. The smallest absolute Gasteiger partial charge is 0.315 e. The molecule has 330 valence electrons. The molecule has 0 spiro atoms.